The smallest absolute Gasteiger partial charge is 0.293 e. The van der Waals surface area contributed by atoms with Gasteiger partial charge in [-0.1, -0.05) is 29.8 Å². The molecule has 2 aromatic carbocycles. The summed E-state index contributed by atoms with van der Waals surface area (Å²) in [5.41, 5.74) is 0.130. The molecule has 0 aromatic heterocycles. The molecule has 0 amide bonds. The largest absolute Gasteiger partial charge is 0.295 e. The number of nitrogens with one attached hydrogen (secondary N) is 1. The van der Waals surface area contributed by atoms with Crippen molar-refractivity contribution in [3.8, 4) is 0 Å². The first kappa shape index (κ1) is 16.9. The molecule has 0 aliphatic rings. The van der Waals surface area contributed by atoms with E-state index < -0.39 is 21.0 Å². The molecule has 0 fully saturated rings. The molecule has 120 valence electrons. The zero-order chi connectivity index (χ0) is 17.0. The van der Waals surface area contributed by atoms with Crippen LogP contribution in [0.2, 0.25) is 5.02 Å². The molecule has 0 bridgehead atoms. The molecule has 7 nitrogen and oxygen atoms in total. The average molecular weight is 355 g/mol. The highest BCUT2D eigenvalue weighted by molar-refractivity contribution is 7.92. The van der Waals surface area contributed by atoms with Gasteiger partial charge in [0.15, 0.2) is 6.29 Å². The van der Waals surface area contributed by atoms with E-state index in [0.717, 1.165) is 0 Å². The Bertz CT molecular complexity index is 840. The zero-order valence-corrected chi connectivity index (χ0v) is 13.1. The Kier molecular flexibility index (Phi) is 4.97. The minimum atomic E-state index is -3.80. The van der Waals surface area contributed by atoms with Crippen LogP contribution in [-0.2, 0) is 14.8 Å². The van der Waals surface area contributed by atoms with Crippen molar-refractivity contribution in [1.82, 2.24) is 0 Å². The molecule has 0 spiro atoms. The Morgan fingerprint density at radius 1 is 1.17 bits per heavy atom. The highest BCUT2D eigenvalue weighted by Gasteiger charge is 2.25. The molecule has 9 heteroatoms. The van der Waals surface area contributed by atoms with Gasteiger partial charge >= 0.3 is 0 Å². The summed E-state index contributed by atoms with van der Waals surface area (Å²) in [6, 6.07) is 9.86. The predicted octanol–water partition coefficient (Wildman–Crippen LogP) is 2.66. The molecule has 1 unspecified atom stereocenters. The third-order valence-electron chi connectivity index (χ3n) is 2.98. The van der Waals surface area contributed by atoms with Crippen molar-refractivity contribution in [2.45, 2.75) is 10.9 Å². The van der Waals surface area contributed by atoms with Crippen LogP contribution >= 0.6 is 11.6 Å². The minimum absolute atomic E-state index is 0.00525. The number of benzene rings is 2. The van der Waals surface area contributed by atoms with Gasteiger partial charge in [-0.15, -0.1) is 0 Å². The summed E-state index contributed by atoms with van der Waals surface area (Å²) in [7, 11) is -3.80. The normalized spacial score (nSPS) is 12.4. The lowest BCUT2D eigenvalue weighted by Gasteiger charge is -2.10. The summed E-state index contributed by atoms with van der Waals surface area (Å²) >= 11 is 5.92. The Morgan fingerprint density at radius 2 is 1.83 bits per heavy atom. The second-order valence-electron chi connectivity index (χ2n) is 4.52. The third-order valence-corrected chi connectivity index (χ3v) is 4.71. The van der Waals surface area contributed by atoms with Gasteiger partial charge in [-0.2, -0.15) is 0 Å². The average Bonchev–Trinajstić information content (AvgIpc) is 2.50. The number of carbonyl (C=O) groups excluding carboxylic acids is 1. The summed E-state index contributed by atoms with van der Waals surface area (Å²) in [6.45, 7) is 0. The molecule has 0 saturated carbocycles. The van der Waals surface area contributed by atoms with Gasteiger partial charge < -0.3 is 0 Å². The van der Waals surface area contributed by atoms with Gasteiger partial charge in [0.1, 0.15) is 0 Å². The maximum Gasteiger partial charge on any atom is 0.293 e. The van der Waals surface area contributed by atoms with Crippen LogP contribution in [0, 0.1) is 10.1 Å². The molecule has 0 aliphatic carbocycles. The molecule has 2 aromatic rings. The van der Waals surface area contributed by atoms with Crippen molar-refractivity contribution in [3.05, 3.63) is 69.2 Å². The predicted molar refractivity (Wildman–Crippen MR) is 84.5 cm³/mol. The summed E-state index contributed by atoms with van der Waals surface area (Å²) in [4.78, 5) is 20.9. The van der Waals surface area contributed by atoms with E-state index in [1.807, 2.05) is 0 Å². The number of rotatable bonds is 6. The highest BCUT2D eigenvalue weighted by Crippen LogP contribution is 2.28. The number of carbonyl (C=O) groups is 1. The Morgan fingerprint density at radius 3 is 2.35 bits per heavy atom. The second-order valence-corrected chi connectivity index (χ2v) is 6.61. The molecule has 0 saturated heterocycles. The summed E-state index contributed by atoms with van der Waals surface area (Å²) in [5, 5.41) is 10.7. The summed E-state index contributed by atoms with van der Waals surface area (Å²) in [5.74, 6) is 0. The third kappa shape index (κ3) is 3.85. The monoisotopic (exact) mass is 354 g/mol. The highest BCUT2D eigenvalue weighted by atomic mass is 35.5. The maximum absolute atomic E-state index is 12.2. The van der Waals surface area contributed by atoms with Gasteiger partial charge in [0, 0.05) is 4.92 Å². The van der Waals surface area contributed by atoms with Gasteiger partial charge in [0.05, 0.1) is 21.2 Å². The van der Waals surface area contributed by atoms with Crippen LogP contribution in [0.3, 0.4) is 0 Å². The van der Waals surface area contributed by atoms with Crippen molar-refractivity contribution in [1.29, 1.82) is 0 Å². The number of hydrogen-bond acceptors (Lipinski definition) is 5. The van der Waals surface area contributed by atoms with E-state index in [4.69, 9.17) is 11.6 Å². The SMILES string of the molecule is O=CC(c1ccc(NS(=O)(=O)c2ccccc2)cc1Cl)[N+](=O)[O-]. The number of nitrogens with zero attached hydrogens (tertiary/aromatic N) is 1. The van der Waals surface area contributed by atoms with E-state index in [1.165, 1.54) is 30.3 Å². The molecule has 2 rings (SSSR count). The van der Waals surface area contributed by atoms with E-state index in [1.54, 1.807) is 18.2 Å². The summed E-state index contributed by atoms with van der Waals surface area (Å²) < 4.78 is 26.7. The van der Waals surface area contributed by atoms with Crippen LogP contribution in [0.4, 0.5) is 5.69 Å². The number of aldehydes is 1. The van der Waals surface area contributed by atoms with E-state index in [9.17, 15) is 23.3 Å². The Hall–Kier alpha value is -2.45. The first-order valence-corrected chi connectivity index (χ1v) is 8.17. The number of sulfonamides is 1. The van der Waals surface area contributed by atoms with E-state index in [-0.39, 0.29) is 27.5 Å². The zero-order valence-electron chi connectivity index (χ0n) is 11.5. The molecular weight excluding hydrogens is 344 g/mol. The quantitative estimate of drug-likeness (QED) is 0.487. The van der Waals surface area contributed by atoms with Gasteiger partial charge in [-0.25, -0.2) is 8.42 Å². The molecular formula is C14H11ClN2O5S. The molecule has 0 radical (unpaired) electrons. The lowest BCUT2D eigenvalue weighted by atomic mass is 10.1. The second kappa shape index (κ2) is 6.76. The molecule has 0 aliphatic heterocycles. The maximum atomic E-state index is 12.2. The fourth-order valence-corrected chi connectivity index (χ4v) is 3.24. The Balaban J connectivity index is 2.31. The fraction of sp³-hybridized carbons (Fsp3) is 0.0714. The minimum Gasteiger partial charge on any atom is -0.295 e. The number of halogens is 1. The molecule has 23 heavy (non-hydrogen) atoms. The van der Waals surface area contributed by atoms with E-state index in [2.05, 4.69) is 4.72 Å². The first-order chi connectivity index (χ1) is 10.8. The van der Waals surface area contributed by atoms with Gasteiger partial charge in [-0.3, -0.25) is 19.6 Å². The molecule has 0 heterocycles. The van der Waals surface area contributed by atoms with Crippen molar-refractivity contribution < 1.29 is 18.1 Å². The lowest BCUT2D eigenvalue weighted by molar-refractivity contribution is -0.511. The van der Waals surface area contributed by atoms with Crippen LogP contribution in [0.1, 0.15) is 11.6 Å². The van der Waals surface area contributed by atoms with Gasteiger partial charge in [0.2, 0.25) is 0 Å². The molecule has 1 N–H and O–H groups in total. The standard InChI is InChI=1S/C14H11ClN2O5S/c15-13-8-10(6-7-12(13)14(9-18)17(19)20)16-23(21,22)11-4-2-1-3-5-11/h1-9,14,16H. The van der Waals surface area contributed by atoms with Crippen LogP contribution in [-0.4, -0.2) is 19.6 Å². The number of nitro groups is 1. The van der Waals surface area contributed by atoms with E-state index in [0.29, 0.717) is 0 Å². The number of anilines is 1. The molecule has 1 atom stereocenters. The first-order valence-electron chi connectivity index (χ1n) is 6.31. The number of hydrogen-bond donors (Lipinski definition) is 1. The lowest BCUT2D eigenvalue weighted by Crippen LogP contribution is -2.14. The Labute approximate surface area is 137 Å². The van der Waals surface area contributed by atoms with E-state index >= 15 is 0 Å². The van der Waals surface area contributed by atoms with Crippen molar-refractivity contribution >= 4 is 33.6 Å². The van der Waals surface area contributed by atoms with Gasteiger partial charge in [0.25, 0.3) is 16.1 Å². The van der Waals surface area contributed by atoms with Crippen LogP contribution in [0.15, 0.2) is 53.4 Å². The van der Waals surface area contributed by atoms with Gasteiger partial charge in [-0.05, 0) is 30.3 Å². The van der Waals surface area contributed by atoms with Crippen molar-refractivity contribution in [3.63, 3.8) is 0 Å². The fourth-order valence-electron chi connectivity index (χ4n) is 1.88. The van der Waals surface area contributed by atoms with Crippen LogP contribution in [0.5, 0.6) is 0 Å². The summed E-state index contributed by atoms with van der Waals surface area (Å²) in [6.07, 6.45) is 0.162. The van der Waals surface area contributed by atoms with Crippen molar-refractivity contribution in [2.24, 2.45) is 0 Å². The topological polar surface area (TPSA) is 106 Å². The van der Waals surface area contributed by atoms with Crippen LogP contribution in [0.25, 0.3) is 0 Å². The van der Waals surface area contributed by atoms with Crippen LogP contribution < -0.4 is 4.72 Å². The van der Waals surface area contributed by atoms with Crippen molar-refractivity contribution in [2.75, 3.05) is 4.72 Å².